The molecule has 0 radical (unpaired) electrons. The van der Waals surface area contributed by atoms with Crippen LogP contribution >= 0.6 is 0 Å². The van der Waals surface area contributed by atoms with E-state index >= 15 is 0 Å². The van der Waals surface area contributed by atoms with E-state index < -0.39 is 0 Å². The fourth-order valence-electron chi connectivity index (χ4n) is 4.97. The number of para-hydroxylation sites is 1. The number of aromatic nitrogens is 4. The minimum Gasteiger partial charge on any atom is -0.457 e. The second-order valence-corrected chi connectivity index (χ2v) is 10.6. The van der Waals surface area contributed by atoms with Crippen molar-refractivity contribution in [3.63, 3.8) is 0 Å². The van der Waals surface area contributed by atoms with Crippen LogP contribution in [0.25, 0.3) is 33.3 Å². The van der Waals surface area contributed by atoms with E-state index in [9.17, 15) is 0 Å². The van der Waals surface area contributed by atoms with Crippen LogP contribution in [-0.2, 0) is 26.5 Å². The van der Waals surface area contributed by atoms with E-state index in [4.69, 9.17) is 9.72 Å². The molecule has 0 amide bonds. The fourth-order valence-corrected chi connectivity index (χ4v) is 4.97. The number of hydrogen-bond donors (Lipinski definition) is 0. The number of rotatable bonds is 4. The molecular weight excluding hydrogens is 651 g/mol. The zero-order valence-electron chi connectivity index (χ0n) is 22.2. The number of fused-ring (bicyclic) bond motifs is 3. The molecule has 0 aliphatic heterocycles. The molecule has 3 heterocycles. The number of ether oxygens (including phenoxy) is 1. The van der Waals surface area contributed by atoms with Gasteiger partial charge in [-0.1, -0.05) is 45.0 Å². The summed E-state index contributed by atoms with van der Waals surface area (Å²) in [4.78, 5) is 4.78. The first-order chi connectivity index (χ1) is 17.8. The maximum absolute atomic E-state index is 6.39. The average Bonchev–Trinajstić information content (AvgIpc) is 3.39. The van der Waals surface area contributed by atoms with Crippen molar-refractivity contribution in [3.05, 3.63) is 108 Å². The molecule has 0 fully saturated rings. The van der Waals surface area contributed by atoms with Gasteiger partial charge in [0.2, 0.25) is 0 Å². The second-order valence-electron chi connectivity index (χ2n) is 10.6. The van der Waals surface area contributed by atoms with Crippen LogP contribution in [0, 0.1) is 13.8 Å². The van der Waals surface area contributed by atoms with Gasteiger partial charge >= 0.3 is 0 Å². The molecule has 194 valence electrons. The van der Waals surface area contributed by atoms with Gasteiger partial charge in [-0.05, 0) is 73.4 Å². The van der Waals surface area contributed by atoms with Crippen molar-refractivity contribution in [2.24, 2.45) is 0 Å². The SMILES string of the molecule is Cc1cc(C)n(-c2cccc(Oc3ccc4c5ccccc5n(-c5cc(C(C)(C)C)ccn5)c4c3)c2)n1.[Pt]. The van der Waals surface area contributed by atoms with Gasteiger partial charge in [0.05, 0.1) is 22.4 Å². The minimum absolute atomic E-state index is 0. The number of nitrogens with zero attached hydrogens (tertiary/aromatic N) is 4. The first-order valence-corrected chi connectivity index (χ1v) is 12.6. The fraction of sp³-hybridized carbons (Fsp3) is 0.188. The van der Waals surface area contributed by atoms with Gasteiger partial charge in [0.15, 0.2) is 0 Å². The molecule has 0 spiro atoms. The molecule has 5 nitrogen and oxygen atoms in total. The van der Waals surface area contributed by atoms with Gasteiger partial charge in [0.1, 0.15) is 17.3 Å². The molecule has 0 aliphatic rings. The van der Waals surface area contributed by atoms with Crippen LogP contribution in [-0.4, -0.2) is 19.3 Å². The van der Waals surface area contributed by atoms with Crippen molar-refractivity contribution in [1.82, 2.24) is 19.3 Å². The van der Waals surface area contributed by atoms with E-state index in [2.05, 4.69) is 92.0 Å². The molecule has 0 saturated carbocycles. The van der Waals surface area contributed by atoms with E-state index in [-0.39, 0.29) is 26.5 Å². The zero-order chi connectivity index (χ0) is 25.7. The summed E-state index contributed by atoms with van der Waals surface area (Å²) in [7, 11) is 0. The number of aryl methyl sites for hydroxylation is 2. The van der Waals surface area contributed by atoms with Crippen molar-refractivity contribution in [2.45, 2.75) is 40.0 Å². The predicted octanol–water partition coefficient (Wildman–Crippen LogP) is 8.07. The van der Waals surface area contributed by atoms with Gasteiger partial charge in [-0.2, -0.15) is 5.10 Å². The van der Waals surface area contributed by atoms with E-state index in [1.54, 1.807) is 0 Å². The summed E-state index contributed by atoms with van der Waals surface area (Å²) < 4.78 is 10.6. The molecule has 6 heteroatoms. The van der Waals surface area contributed by atoms with Gasteiger partial charge in [-0.25, -0.2) is 9.67 Å². The maximum atomic E-state index is 6.39. The van der Waals surface area contributed by atoms with Gasteiger partial charge in [0, 0.05) is 55.9 Å². The summed E-state index contributed by atoms with van der Waals surface area (Å²) in [6.07, 6.45) is 1.90. The smallest absolute Gasteiger partial charge is 0.137 e. The van der Waals surface area contributed by atoms with Gasteiger partial charge < -0.3 is 4.74 Å². The maximum Gasteiger partial charge on any atom is 0.137 e. The summed E-state index contributed by atoms with van der Waals surface area (Å²) in [5.74, 6) is 2.44. The van der Waals surface area contributed by atoms with Crippen LogP contribution in [0.2, 0.25) is 0 Å². The Labute approximate surface area is 237 Å². The molecule has 0 unspecified atom stereocenters. The van der Waals surface area contributed by atoms with Crippen LogP contribution in [0.3, 0.4) is 0 Å². The molecule has 38 heavy (non-hydrogen) atoms. The summed E-state index contributed by atoms with van der Waals surface area (Å²) in [5.41, 5.74) is 6.52. The molecule has 6 aromatic rings. The van der Waals surface area contributed by atoms with Crippen molar-refractivity contribution in [3.8, 4) is 23.0 Å². The Bertz CT molecular complexity index is 1770. The van der Waals surface area contributed by atoms with E-state index in [1.807, 2.05) is 48.1 Å². The standard InChI is InChI=1S/C32H30N4O.Pt/c1-21-17-22(2)36(34-21)24-9-8-10-25(19-24)37-26-13-14-28-27-11-6-7-12-29(27)35(30(28)20-26)31-18-23(15-16-33-31)32(3,4)5;/h6-20H,1-5H3;. The van der Waals surface area contributed by atoms with E-state index in [0.29, 0.717) is 0 Å². The number of benzene rings is 3. The predicted molar refractivity (Wildman–Crippen MR) is 150 cm³/mol. The van der Waals surface area contributed by atoms with E-state index in [1.165, 1.54) is 16.3 Å². The Morgan fingerprint density at radius 1 is 0.737 bits per heavy atom. The summed E-state index contributed by atoms with van der Waals surface area (Å²) in [5, 5.41) is 6.98. The van der Waals surface area contributed by atoms with Crippen molar-refractivity contribution in [1.29, 1.82) is 0 Å². The van der Waals surface area contributed by atoms with E-state index in [0.717, 1.165) is 45.4 Å². The summed E-state index contributed by atoms with van der Waals surface area (Å²) >= 11 is 0. The molecule has 0 atom stereocenters. The Morgan fingerprint density at radius 2 is 1.50 bits per heavy atom. The first-order valence-electron chi connectivity index (χ1n) is 12.6. The molecule has 0 aliphatic carbocycles. The van der Waals surface area contributed by atoms with Gasteiger partial charge in [-0.3, -0.25) is 4.57 Å². The number of hydrogen-bond acceptors (Lipinski definition) is 3. The molecule has 0 saturated heterocycles. The number of pyridine rings is 1. The second kappa shape index (κ2) is 9.88. The van der Waals surface area contributed by atoms with Crippen LogP contribution in [0.5, 0.6) is 11.5 Å². The first kappa shape index (κ1) is 25.9. The third kappa shape index (κ3) is 4.67. The quantitative estimate of drug-likeness (QED) is 0.189. The zero-order valence-corrected chi connectivity index (χ0v) is 24.4. The van der Waals surface area contributed by atoms with Crippen LogP contribution in [0.1, 0.15) is 37.7 Å². The van der Waals surface area contributed by atoms with Crippen LogP contribution in [0.15, 0.2) is 91.1 Å². The Hall–Kier alpha value is -3.69. The summed E-state index contributed by atoms with van der Waals surface area (Å²) in [6.45, 7) is 10.7. The van der Waals surface area contributed by atoms with Crippen molar-refractivity contribution in [2.75, 3.05) is 0 Å². The normalized spacial score (nSPS) is 11.6. The molecule has 3 aromatic carbocycles. The Kier molecular flexibility index (Phi) is 6.75. The van der Waals surface area contributed by atoms with Crippen molar-refractivity contribution >= 4 is 21.8 Å². The third-order valence-electron chi connectivity index (χ3n) is 6.79. The molecular formula is C32H30N4OPt. The van der Waals surface area contributed by atoms with Gasteiger partial charge in [0.25, 0.3) is 0 Å². The Morgan fingerprint density at radius 3 is 2.26 bits per heavy atom. The topological polar surface area (TPSA) is 44.9 Å². The molecule has 0 N–H and O–H groups in total. The Balaban J connectivity index is 0.00000294. The average molecular weight is 682 g/mol. The van der Waals surface area contributed by atoms with Crippen molar-refractivity contribution < 1.29 is 25.8 Å². The monoisotopic (exact) mass is 681 g/mol. The molecule has 0 bridgehead atoms. The minimum atomic E-state index is 0. The third-order valence-corrected chi connectivity index (χ3v) is 6.79. The molecule has 3 aromatic heterocycles. The largest absolute Gasteiger partial charge is 0.457 e. The van der Waals surface area contributed by atoms with Crippen LogP contribution in [0.4, 0.5) is 0 Å². The van der Waals surface area contributed by atoms with Crippen LogP contribution < -0.4 is 4.74 Å². The molecule has 6 rings (SSSR count). The summed E-state index contributed by atoms with van der Waals surface area (Å²) in [6, 6.07) is 29.2. The van der Waals surface area contributed by atoms with Gasteiger partial charge in [-0.15, -0.1) is 0 Å².